The Hall–Kier alpha value is -1.43. The first-order valence-corrected chi connectivity index (χ1v) is 7.01. The van der Waals surface area contributed by atoms with Gasteiger partial charge in [0, 0.05) is 6.20 Å². The molecule has 6 heteroatoms. The summed E-state index contributed by atoms with van der Waals surface area (Å²) in [6, 6.07) is 2.10. The van der Waals surface area contributed by atoms with E-state index in [-0.39, 0.29) is 0 Å². The van der Waals surface area contributed by atoms with Crippen molar-refractivity contribution < 1.29 is 13.2 Å². The van der Waals surface area contributed by atoms with Crippen molar-refractivity contribution >= 4 is 11.8 Å². The number of thioether (sulfide) groups is 1. The molecule has 0 aliphatic heterocycles. The van der Waals surface area contributed by atoms with Crippen molar-refractivity contribution in [3.05, 3.63) is 53.1 Å². The van der Waals surface area contributed by atoms with Gasteiger partial charge in [-0.15, -0.1) is 0 Å². The predicted molar refractivity (Wildman–Crippen MR) is 69.6 cm³/mol. The van der Waals surface area contributed by atoms with Gasteiger partial charge < -0.3 is 0 Å². The van der Waals surface area contributed by atoms with Gasteiger partial charge in [0.15, 0.2) is 17.5 Å². The molecule has 0 unspecified atom stereocenters. The van der Waals surface area contributed by atoms with Gasteiger partial charge in [0.1, 0.15) is 0 Å². The summed E-state index contributed by atoms with van der Waals surface area (Å²) >= 11 is 1.68. The first kappa shape index (κ1) is 14.0. The largest absolute Gasteiger partial charge is 0.285 e. The summed E-state index contributed by atoms with van der Waals surface area (Å²) in [6.07, 6.45) is 5.02. The van der Waals surface area contributed by atoms with Crippen LogP contribution in [0.5, 0.6) is 0 Å². The molecule has 1 heterocycles. The summed E-state index contributed by atoms with van der Waals surface area (Å²) in [5.41, 5.74) is 1.61. The average Bonchev–Trinajstić information content (AvgIpc) is 2.88. The molecule has 0 radical (unpaired) electrons. The van der Waals surface area contributed by atoms with Gasteiger partial charge in [0.2, 0.25) is 0 Å². The molecule has 0 fully saturated rings. The van der Waals surface area contributed by atoms with Crippen LogP contribution in [0.3, 0.4) is 0 Å². The lowest BCUT2D eigenvalue weighted by Gasteiger charge is -2.03. The van der Waals surface area contributed by atoms with E-state index in [9.17, 15) is 13.2 Å². The summed E-state index contributed by atoms with van der Waals surface area (Å²) in [4.78, 5) is 0. The molecule has 0 spiro atoms. The summed E-state index contributed by atoms with van der Waals surface area (Å²) in [5.74, 6) is -2.01. The SMILES string of the molecule is Fc1cc(CCSCCc2cn[nH]c2)cc(F)c1F. The van der Waals surface area contributed by atoms with E-state index in [1.165, 1.54) is 0 Å². The maximum absolute atomic E-state index is 13.0. The number of aromatic amines is 1. The molecule has 19 heavy (non-hydrogen) atoms. The topological polar surface area (TPSA) is 28.7 Å². The van der Waals surface area contributed by atoms with E-state index in [1.54, 1.807) is 18.0 Å². The number of H-pyrrole nitrogens is 1. The maximum Gasteiger partial charge on any atom is 0.194 e. The molecule has 0 saturated heterocycles. The summed E-state index contributed by atoms with van der Waals surface area (Å²) < 4.78 is 38.7. The highest BCUT2D eigenvalue weighted by molar-refractivity contribution is 7.99. The number of halogens is 3. The Balaban J connectivity index is 1.74. The molecule has 2 nitrogen and oxygen atoms in total. The van der Waals surface area contributed by atoms with E-state index in [0.717, 1.165) is 35.6 Å². The molecule has 0 amide bonds. The average molecular weight is 286 g/mol. The Labute approximate surface area is 113 Å². The maximum atomic E-state index is 13.0. The second kappa shape index (κ2) is 6.65. The lowest BCUT2D eigenvalue weighted by molar-refractivity contribution is 0.445. The Kier molecular flexibility index (Phi) is 4.90. The van der Waals surface area contributed by atoms with Crippen LogP contribution in [0, 0.1) is 17.5 Å². The Morgan fingerprint density at radius 3 is 2.21 bits per heavy atom. The number of nitrogens with zero attached hydrogens (tertiary/aromatic N) is 1. The molecule has 1 aromatic heterocycles. The van der Waals surface area contributed by atoms with Crippen molar-refractivity contribution in [1.29, 1.82) is 0 Å². The normalized spacial score (nSPS) is 10.9. The van der Waals surface area contributed by atoms with Gasteiger partial charge in [-0.2, -0.15) is 16.9 Å². The van der Waals surface area contributed by atoms with Crippen molar-refractivity contribution in [3.8, 4) is 0 Å². The summed E-state index contributed by atoms with van der Waals surface area (Å²) in [7, 11) is 0. The van der Waals surface area contributed by atoms with Crippen LogP contribution in [-0.4, -0.2) is 21.7 Å². The van der Waals surface area contributed by atoms with Crippen LogP contribution in [-0.2, 0) is 12.8 Å². The summed E-state index contributed by atoms with van der Waals surface area (Å²) in [6.45, 7) is 0. The molecule has 1 aromatic carbocycles. The van der Waals surface area contributed by atoms with E-state index in [4.69, 9.17) is 0 Å². The highest BCUT2D eigenvalue weighted by Crippen LogP contribution is 2.16. The highest BCUT2D eigenvalue weighted by Gasteiger charge is 2.10. The van der Waals surface area contributed by atoms with Gasteiger partial charge in [0.25, 0.3) is 0 Å². The van der Waals surface area contributed by atoms with E-state index in [0.29, 0.717) is 12.0 Å². The lowest BCUT2D eigenvalue weighted by Crippen LogP contribution is -1.97. The first-order chi connectivity index (χ1) is 9.16. The van der Waals surface area contributed by atoms with Gasteiger partial charge in [-0.25, -0.2) is 13.2 Å². The smallest absolute Gasteiger partial charge is 0.194 e. The standard InChI is InChI=1S/C13H13F3N2S/c14-11-5-9(6-12(15)13(11)16)1-3-19-4-2-10-7-17-18-8-10/h5-8H,1-4H2,(H,17,18). The number of rotatable bonds is 6. The minimum Gasteiger partial charge on any atom is -0.285 e. The number of hydrogen-bond acceptors (Lipinski definition) is 2. The molecule has 0 atom stereocenters. The third-order valence-corrected chi connectivity index (χ3v) is 3.65. The monoisotopic (exact) mass is 286 g/mol. The zero-order valence-corrected chi connectivity index (χ0v) is 10.9. The van der Waals surface area contributed by atoms with E-state index in [1.807, 2.05) is 6.20 Å². The second-order valence-electron chi connectivity index (χ2n) is 4.09. The zero-order chi connectivity index (χ0) is 13.7. The second-order valence-corrected chi connectivity index (χ2v) is 5.32. The van der Waals surface area contributed by atoms with Crippen LogP contribution >= 0.6 is 11.8 Å². The lowest BCUT2D eigenvalue weighted by atomic mass is 10.1. The number of aryl methyl sites for hydroxylation is 2. The van der Waals surface area contributed by atoms with Gasteiger partial charge in [0.05, 0.1) is 6.20 Å². The van der Waals surface area contributed by atoms with Crippen molar-refractivity contribution in [1.82, 2.24) is 10.2 Å². The zero-order valence-electron chi connectivity index (χ0n) is 10.1. The minimum absolute atomic E-state index is 0.479. The third-order valence-electron chi connectivity index (χ3n) is 2.67. The molecule has 0 aliphatic rings. The molecule has 102 valence electrons. The van der Waals surface area contributed by atoms with E-state index in [2.05, 4.69) is 10.2 Å². The van der Waals surface area contributed by atoms with E-state index < -0.39 is 17.5 Å². The third kappa shape index (κ3) is 4.02. The van der Waals surface area contributed by atoms with E-state index >= 15 is 0 Å². The molecule has 0 bridgehead atoms. The fourth-order valence-corrected chi connectivity index (χ4v) is 2.61. The fourth-order valence-electron chi connectivity index (χ4n) is 1.65. The molecule has 2 rings (SSSR count). The van der Waals surface area contributed by atoms with Crippen LogP contribution < -0.4 is 0 Å². The number of aromatic nitrogens is 2. The Morgan fingerprint density at radius 2 is 1.63 bits per heavy atom. The Morgan fingerprint density at radius 1 is 1.00 bits per heavy atom. The van der Waals surface area contributed by atoms with Crippen LogP contribution in [0.25, 0.3) is 0 Å². The number of hydrogen-bond donors (Lipinski definition) is 1. The van der Waals surface area contributed by atoms with Gasteiger partial charge in [-0.3, -0.25) is 5.10 Å². The van der Waals surface area contributed by atoms with Crippen molar-refractivity contribution in [2.45, 2.75) is 12.8 Å². The van der Waals surface area contributed by atoms with Gasteiger partial charge >= 0.3 is 0 Å². The Bertz CT molecular complexity index is 506. The molecule has 0 aliphatic carbocycles. The highest BCUT2D eigenvalue weighted by atomic mass is 32.2. The number of nitrogens with one attached hydrogen (secondary N) is 1. The molecule has 2 aromatic rings. The van der Waals surface area contributed by atoms with Gasteiger partial charge in [-0.05, 0) is 47.6 Å². The molecular weight excluding hydrogens is 273 g/mol. The van der Waals surface area contributed by atoms with Crippen molar-refractivity contribution in [2.75, 3.05) is 11.5 Å². The minimum atomic E-state index is -1.41. The van der Waals surface area contributed by atoms with Crippen LogP contribution in [0.15, 0.2) is 24.5 Å². The number of benzene rings is 1. The fraction of sp³-hybridized carbons (Fsp3) is 0.308. The quantitative estimate of drug-likeness (QED) is 0.651. The van der Waals surface area contributed by atoms with Crippen molar-refractivity contribution in [2.24, 2.45) is 0 Å². The van der Waals surface area contributed by atoms with Crippen molar-refractivity contribution in [3.63, 3.8) is 0 Å². The molecule has 1 N–H and O–H groups in total. The van der Waals surface area contributed by atoms with Crippen LogP contribution in [0.2, 0.25) is 0 Å². The van der Waals surface area contributed by atoms with Gasteiger partial charge in [-0.1, -0.05) is 0 Å². The van der Waals surface area contributed by atoms with Crippen LogP contribution in [0.4, 0.5) is 13.2 Å². The first-order valence-electron chi connectivity index (χ1n) is 5.85. The summed E-state index contributed by atoms with van der Waals surface area (Å²) in [5, 5.41) is 6.58. The van der Waals surface area contributed by atoms with Crippen LogP contribution in [0.1, 0.15) is 11.1 Å². The predicted octanol–water partition coefficient (Wildman–Crippen LogP) is 3.35. The molecular formula is C13H13F3N2S. The molecule has 0 saturated carbocycles.